The number of primary amides is 1. The fraction of sp³-hybridized carbons (Fsp3) is 0.250. The summed E-state index contributed by atoms with van der Waals surface area (Å²) in [5, 5.41) is 18.6. The van der Waals surface area contributed by atoms with Crippen LogP contribution in [0.5, 0.6) is 0 Å². The Balaban J connectivity index is 2.36. The average Bonchev–Trinajstić information content (AvgIpc) is 2.92. The molecule has 5 N–H and O–H groups in total. The second kappa shape index (κ2) is 4.72. The molecule has 0 saturated heterocycles. The summed E-state index contributed by atoms with van der Waals surface area (Å²) in [5.41, 5.74) is 14.1. The molecule has 0 saturated carbocycles. The summed E-state index contributed by atoms with van der Waals surface area (Å²) in [4.78, 5) is 10.6. The zero-order chi connectivity index (χ0) is 14.0. The second-order valence-corrected chi connectivity index (χ2v) is 3.58. The molecule has 0 unspecified atom stereocenters. The maximum atomic E-state index is 10.6. The van der Waals surface area contributed by atoms with Gasteiger partial charge in [0.15, 0.2) is 0 Å². The van der Waals surface area contributed by atoms with E-state index in [0.717, 1.165) is 0 Å². The highest BCUT2D eigenvalue weighted by molar-refractivity contribution is 5.98. The van der Waals surface area contributed by atoms with Gasteiger partial charge < -0.3 is 11.5 Å². The molecule has 2 rings (SSSR count). The molecular weight excluding hydrogens is 254 g/mol. The van der Waals surface area contributed by atoms with E-state index in [1.54, 1.807) is 13.8 Å². The minimum absolute atomic E-state index is 0.0874. The van der Waals surface area contributed by atoms with E-state index in [4.69, 9.17) is 11.5 Å². The van der Waals surface area contributed by atoms with Crippen LogP contribution in [0.3, 0.4) is 0 Å². The molecule has 0 bridgehead atoms. The van der Waals surface area contributed by atoms with Gasteiger partial charge in [0, 0.05) is 0 Å². The van der Waals surface area contributed by atoms with Crippen LogP contribution in [0.4, 0.5) is 10.6 Å². The summed E-state index contributed by atoms with van der Waals surface area (Å²) in [5.74, 6) is 0.316. The van der Waals surface area contributed by atoms with Gasteiger partial charge in [-0.3, -0.25) is 0 Å². The second-order valence-electron chi connectivity index (χ2n) is 3.58. The molecule has 0 atom stereocenters. The first-order valence-electron chi connectivity index (χ1n) is 5.11. The van der Waals surface area contributed by atoms with E-state index >= 15 is 0 Å². The van der Waals surface area contributed by atoms with Crippen molar-refractivity contribution in [2.45, 2.75) is 13.8 Å². The van der Waals surface area contributed by atoms with Crippen molar-refractivity contribution in [1.29, 1.82) is 0 Å². The standard InChI is InChI=1S/C8H11N9O2/c1-3(11-13-8(10)18)5-4(2)17(16-12-5)7-6(9)14-19-15-7/h1-2H3,(H2,9,14)(H3,10,13,18)/b11-3+. The van der Waals surface area contributed by atoms with Crippen LogP contribution >= 0.6 is 0 Å². The Morgan fingerprint density at radius 1 is 1.47 bits per heavy atom. The molecule has 0 aromatic carbocycles. The van der Waals surface area contributed by atoms with Crippen molar-refractivity contribution >= 4 is 17.6 Å². The van der Waals surface area contributed by atoms with Crippen molar-refractivity contribution in [3.63, 3.8) is 0 Å². The lowest BCUT2D eigenvalue weighted by Gasteiger charge is -1.99. The highest BCUT2D eigenvalue weighted by Crippen LogP contribution is 2.14. The van der Waals surface area contributed by atoms with Gasteiger partial charge in [-0.1, -0.05) is 5.21 Å². The zero-order valence-electron chi connectivity index (χ0n) is 10.2. The summed E-state index contributed by atoms with van der Waals surface area (Å²) in [7, 11) is 0. The number of hydrogen-bond acceptors (Lipinski definition) is 8. The molecule has 2 amide bonds. The molecule has 0 radical (unpaired) electrons. The van der Waals surface area contributed by atoms with Gasteiger partial charge in [0.2, 0.25) is 11.6 Å². The molecule has 19 heavy (non-hydrogen) atoms. The number of urea groups is 1. The third-order valence-electron chi connectivity index (χ3n) is 2.27. The van der Waals surface area contributed by atoms with Crippen LogP contribution in [0.25, 0.3) is 5.82 Å². The van der Waals surface area contributed by atoms with Crippen molar-refractivity contribution in [2.75, 3.05) is 5.73 Å². The van der Waals surface area contributed by atoms with Gasteiger partial charge in [-0.05, 0) is 24.2 Å². The first-order chi connectivity index (χ1) is 9.00. The monoisotopic (exact) mass is 265 g/mol. The number of nitrogens with two attached hydrogens (primary N) is 2. The first kappa shape index (κ1) is 12.5. The van der Waals surface area contributed by atoms with E-state index in [0.29, 0.717) is 17.1 Å². The largest absolute Gasteiger partial charge is 0.378 e. The Morgan fingerprint density at radius 3 is 2.79 bits per heavy atom. The van der Waals surface area contributed by atoms with E-state index in [9.17, 15) is 4.79 Å². The van der Waals surface area contributed by atoms with Crippen LogP contribution < -0.4 is 16.9 Å². The highest BCUT2D eigenvalue weighted by atomic mass is 16.6. The number of aromatic nitrogens is 5. The molecule has 2 aromatic rings. The maximum absolute atomic E-state index is 10.6. The smallest absolute Gasteiger partial charge is 0.332 e. The molecule has 11 heteroatoms. The minimum atomic E-state index is -0.769. The summed E-state index contributed by atoms with van der Waals surface area (Å²) < 4.78 is 5.84. The quantitative estimate of drug-likeness (QED) is 0.469. The van der Waals surface area contributed by atoms with Crippen LogP contribution in [-0.2, 0) is 0 Å². The van der Waals surface area contributed by atoms with E-state index in [2.05, 4.69) is 35.8 Å². The summed E-state index contributed by atoms with van der Waals surface area (Å²) in [6.07, 6.45) is 0. The van der Waals surface area contributed by atoms with Crippen molar-refractivity contribution in [2.24, 2.45) is 10.8 Å². The van der Waals surface area contributed by atoms with E-state index in [-0.39, 0.29) is 11.6 Å². The van der Waals surface area contributed by atoms with E-state index < -0.39 is 6.03 Å². The van der Waals surface area contributed by atoms with Gasteiger partial charge in [-0.2, -0.15) is 9.78 Å². The van der Waals surface area contributed by atoms with Gasteiger partial charge in [0.05, 0.1) is 11.4 Å². The Labute approximate surface area is 106 Å². The van der Waals surface area contributed by atoms with Crippen molar-refractivity contribution in [3.8, 4) is 5.82 Å². The predicted molar refractivity (Wildman–Crippen MR) is 63.3 cm³/mol. The fourth-order valence-corrected chi connectivity index (χ4v) is 1.39. The third-order valence-corrected chi connectivity index (χ3v) is 2.27. The molecule has 2 aromatic heterocycles. The number of hydrogen-bond donors (Lipinski definition) is 3. The molecule has 100 valence electrons. The molecule has 0 aliphatic rings. The predicted octanol–water partition coefficient (Wildman–Crippen LogP) is -1.07. The van der Waals surface area contributed by atoms with Gasteiger partial charge in [-0.25, -0.2) is 14.8 Å². The van der Waals surface area contributed by atoms with E-state index in [1.807, 2.05) is 0 Å². The summed E-state index contributed by atoms with van der Waals surface area (Å²) in [6, 6.07) is -0.769. The van der Waals surface area contributed by atoms with Gasteiger partial charge in [-0.15, -0.1) is 5.10 Å². The zero-order valence-corrected chi connectivity index (χ0v) is 10.2. The number of carbonyl (C=O) groups is 1. The summed E-state index contributed by atoms with van der Waals surface area (Å²) >= 11 is 0. The lowest BCUT2D eigenvalue weighted by Crippen LogP contribution is -2.25. The van der Waals surface area contributed by atoms with Crippen LogP contribution in [0.2, 0.25) is 0 Å². The number of anilines is 1. The number of carbonyl (C=O) groups excluding carboxylic acids is 1. The number of rotatable bonds is 3. The number of amides is 2. The molecular formula is C8H11N9O2. The van der Waals surface area contributed by atoms with Crippen LogP contribution in [-0.4, -0.2) is 37.0 Å². The molecule has 0 aliphatic carbocycles. The molecule has 2 heterocycles. The maximum Gasteiger partial charge on any atom is 0.332 e. The molecule has 11 nitrogen and oxygen atoms in total. The highest BCUT2D eigenvalue weighted by Gasteiger charge is 2.17. The normalized spacial score (nSPS) is 11.6. The Bertz CT molecular complexity index is 640. The van der Waals surface area contributed by atoms with Gasteiger partial charge in [0.25, 0.3) is 0 Å². The molecule has 0 aliphatic heterocycles. The third kappa shape index (κ3) is 2.34. The van der Waals surface area contributed by atoms with E-state index in [1.165, 1.54) is 4.68 Å². The van der Waals surface area contributed by atoms with Crippen LogP contribution in [0, 0.1) is 6.92 Å². The fourth-order valence-electron chi connectivity index (χ4n) is 1.39. The topological polar surface area (TPSA) is 163 Å². The lowest BCUT2D eigenvalue weighted by molar-refractivity contribution is 0.249. The Morgan fingerprint density at radius 2 is 2.21 bits per heavy atom. The molecule has 0 spiro atoms. The minimum Gasteiger partial charge on any atom is -0.378 e. The number of nitrogens with zero attached hydrogens (tertiary/aromatic N) is 6. The first-order valence-corrected chi connectivity index (χ1v) is 5.11. The van der Waals surface area contributed by atoms with Crippen LogP contribution in [0.1, 0.15) is 18.3 Å². The van der Waals surface area contributed by atoms with Gasteiger partial charge >= 0.3 is 6.03 Å². The van der Waals surface area contributed by atoms with Crippen molar-refractivity contribution in [3.05, 3.63) is 11.4 Å². The lowest BCUT2D eigenvalue weighted by atomic mass is 10.2. The SMILES string of the molecule is C/C(=N\NC(N)=O)c1nnn(-c2nonc2N)c1C. The number of hydrazone groups is 1. The average molecular weight is 265 g/mol. The van der Waals surface area contributed by atoms with Crippen molar-refractivity contribution in [1.82, 2.24) is 30.7 Å². The number of nitrogen functional groups attached to an aromatic ring is 1. The Hall–Kier alpha value is -2.98. The van der Waals surface area contributed by atoms with Gasteiger partial charge in [0.1, 0.15) is 5.69 Å². The van der Waals surface area contributed by atoms with Crippen LogP contribution in [0.15, 0.2) is 9.73 Å². The summed E-state index contributed by atoms with van der Waals surface area (Å²) in [6.45, 7) is 3.37. The van der Waals surface area contributed by atoms with Crippen molar-refractivity contribution < 1.29 is 9.42 Å². The Kier molecular flexibility index (Phi) is 3.10. The molecule has 0 fully saturated rings. The number of nitrogens with one attached hydrogen (secondary N) is 1.